The molecule has 0 radical (unpaired) electrons. The van der Waals surface area contributed by atoms with E-state index in [1.165, 1.54) is 0 Å². The first-order valence-corrected chi connectivity index (χ1v) is 5.64. The van der Waals surface area contributed by atoms with Crippen molar-refractivity contribution in [3.63, 3.8) is 0 Å². The van der Waals surface area contributed by atoms with E-state index in [4.69, 9.17) is 0 Å². The largest absolute Gasteiger partial charge is 0.335 e. The summed E-state index contributed by atoms with van der Waals surface area (Å²) in [4.78, 5) is 16.3. The van der Waals surface area contributed by atoms with Gasteiger partial charge in [0.15, 0.2) is 5.65 Å². The van der Waals surface area contributed by atoms with E-state index in [0.29, 0.717) is 0 Å². The normalized spacial score (nSPS) is 10.9. The molecule has 0 saturated heterocycles. The maximum atomic E-state index is 4.48. The number of aromatic amines is 1. The molecule has 0 spiro atoms. The van der Waals surface area contributed by atoms with Gasteiger partial charge in [0, 0.05) is 12.0 Å². The highest BCUT2D eigenvalue weighted by Gasteiger charge is 2.06. The Hall–Kier alpha value is -2.23. The number of H-pyrrole nitrogens is 1. The number of rotatable bonds is 2. The van der Waals surface area contributed by atoms with E-state index in [1.54, 1.807) is 6.20 Å². The molecule has 3 aromatic rings. The zero-order chi connectivity index (χ0) is 11.7. The average molecular weight is 224 g/mol. The van der Waals surface area contributed by atoms with Crippen LogP contribution in [0.15, 0.2) is 36.5 Å². The summed E-state index contributed by atoms with van der Waals surface area (Å²) in [7, 11) is 0. The molecule has 0 aliphatic carbocycles. The molecule has 3 rings (SSSR count). The molecule has 0 unspecified atom stereocenters. The van der Waals surface area contributed by atoms with Crippen molar-refractivity contribution in [3.8, 4) is 11.4 Å². The highest BCUT2D eigenvalue weighted by atomic mass is 15.0. The van der Waals surface area contributed by atoms with Gasteiger partial charge >= 0.3 is 0 Å². The average Bonchev–Trinajstić information content (AvgIpc) is 2.82. The highest BCUT2D eigenvalue weighted by Crippen LogP contribution is 2.18. The van der Waals surface area contributed by atoms with Gasteiger partial charge in [-0.05, 0) is 0 Å². The summed E-state index contributed by atoms with van der Waals surface area (Å²) in [6, 6.07) is 10.0. The fraction of sp³-hybridized carbons (Fsp3) is 0.154. The van der Waals surface area contributed by atoms with Crippen LogP contribution in [0.4, 0.5) is 0 Å². The third-order valence-corrected chi connectivity index (χ3v) is 2.65. The molecule has 17 heavy (non-hydrogen) atoms. The van der Waals surface area contributed by atoms with Gasteiger partial charge in [-0.2, -0.15) is 0 Å². The lowest BCUT2D eigenvalue weighted by Crippen LogP contribution is -1.91. The number of fused-ring (bicyclic) bond motifs is 1. The third-order valence-electron chi connectivity index (χ3n) is 2.65. The molecule has 84 valence electrons. The zero-order valence-corrected chi connectivity index (χ0v) is 9.51. The topological polar surface area (TPSA) is 54.5 Å². The number of hydrogen-bond acceptors (Lipinski definition) is 3. The fourth-order valence-electron chi connectivity index (χ4n) is 1.75. The summed E-state index contributed by atoms with van der Waals surface area (Å²) in [6.45, 7) is 2.03. The van der Waals surface area contributed by atoms with Gasteiger partial charge in [0.05, 0.1) is 6.20 Å². The Balaban J connectivity index is 2.14. The molecular formula is C13H12N4. The van der Waals surface area contributed by atoms with Crippen LogP contribution in [0, 0.1) is 0 Å². The Bertz CT molecular complexity index is 643. The minimum absolute atomic E-state index is 0.732. The van der Waals surface area contributed by atoms with E-state index in [2.05, 4.69) is 19.9 Å². The van der Waals surface area contributed by atoms with Gasteiger partial charge in [-0.3, -0.25) is 0 Å². The molecule has 0 fully saturated rings. The highest BCUT2D eigenvalue weighted by molar-refractivity contribution is 5.74. The molecule has 0 atom stereocenters. The Morgan fingerprint density at radius 1 is 1.12 bits per heavy atom. The smallest absolute Gasteiger partial charge is 0.181 e. The second-order valence-electron chi connectivity index (χ2n) is 3.83. The van der Waals surface area contributed by atoms with Gasteiger partial charge in [-0.25, -0.2) is 15.0 Å². The molecule has 4 heteroatoms. The van der Waals surface area contributed by atoms with E-state index < -0.39 is 0 Å². The van der Waals surface area contributed by atoms with Crippen molar-refractivity contribution in [2.45, 2.75) is 13.3 Å². The number of aromatic nitrogens is 4. The van der Waals surface area contributed by atoms with Gasteiger partial charge in [0.2, 0.25) is 0 Å². The fourth-order valence-corrected chi connectivity index (χ4v) is 1.75. The van der Waals surface area contributed by atoms with Gasteiger partial charge < -0.3 is 4.98 Å². The van der Waals surface area contributed by atoms with E-state index in [0.717, 1.165) is 34.8 Å². The first-order chi connectivity index (χ1) is 8.36. The van der Waals surface area contributed by atoms with Crippen molar-refractivity contribution >= 4 is 11.2 Å². The van der Waals surface area contributed by atoms with Crippen LogP contribution in [0.25, 0.3) is 22.6 Å². The Kier molecular flexibility index (Phi) is 2.33. The lowest BCUT2D eigenvalue weighted by Gasteiger charge is -1.92. The SMILES string of the molecule is CCc1ncc2[nH]c(-c3ccccc3)nc2n1. The Morgan fingerprint density at radius 3 is 2.71 bits per heavy atom. The molecule has 4 nitrogen and oxygen atoms in total. The molecule has 2 aromatic heterocycles. The van der Waals surface area contributed by atoms with Crippen LogP contribution in [0.2, 0.25) is 0 Å². The van der Waals surface area contributed by atoms with Crippen LogP contribution in [0.5, 0.6) is 0 Å². The minimum atomic E-state index is 0.732. The third kappa shape index (κ3) is 1.78. The lowest BCUT2D eigenvalue weighted by molar-refractivity contribution is 0.955. The molecule has 0 saturated carbocycles. The van der Waals surface area contributed by atoms with Crippen molar-refractivity contribution in [2.24, 2.45) is 0 Å². The second kappa shape index (κ2) is 3.97. The number of benzene rings is 1. The number of aryl methyl sites for hydroxylation is 1. The maximum absolute atomic E-state index is 4.48. The van der Waals surface area contributed by atoms with E-state index in [9.17, 15) is 0 Å². The van der Waals surface area contributed by atoms with Crippen molar-refractivity contribution < 1.29 is 0 Å². The van der Waals surface area contributed by atoms with Crippen molar-refractivity contribution in [2.75, 3.05) is 0 Å². The van der Waals surface area contributed by atoms with Crippen LogP contribution in [0.1, 0.15) is 12.7 Å². The van der Waals surface area contributed by atoms with E-state index >= 15 is 0 Å². The Labute approximate surface area is 98.8 Å². The summed E-state index contributed by atoms with van der Waals surface area (Å²) < 4.78 is 0. The van der Waals surface area contributed by atoms with Crippen LogP contribution >= 0.6 is 0 Å². The summed E-state index contributed by atoms with van der Waals surface area (Å²) in [5.74, 6) is 1.66. The standard InChI is InChI=1S/C13H12N4/c1-2-11-14-8-10-13(16-11)17-12(15-10)9-6-4-3-5-7-9/h3-8H,2H2,1H3,(H,14,15,16,17). The summed E-state index contributed by atoms with van der Waals surface area (Å²) in [6.07, 6.45) is 2.62. The quantitative estimate of drug-likeness (QED) is 0.727. The van der Waals surface area contributed by atoms with Crippen LogP contribution in [-0.4, -0.2) is 19.9 Å². The summed E-state index contributed by atoms with van der Waals surface area (Å²) in [5, 5.41) is 0. The molecule has 0 aliphatic heterocycles. The van der Waals surface area contributed by atoms with Gasteiger partial charge in [-0.15, -0.1) is 0 Å². The number of imidazole rings is 1. The van der Waals surface area contributed by atoms with Gasteiger partial charge in [0.1, 0.15) is 17.2 Å². The van der Waals surface area contributed by atoms with Crippen LogP contribution in [-0.2, 0) is 6.42 Å². The predicted octanol–water partition coefficient (Wildman–Crippen LogP) is 2.58. The minimum Gasteiger partial charge on any atom is -0.335 e. The molecular weight excluding hydrogens is 212 g/mol. The molecule has 2 heterocycles. The number of nitrogens with one attached hydrogen (secondary N) is 1. The number of nitrogens with zero attached hydrogens (tertiary/aromatic N) is 3. The predicted molar refractivity (Wildman–Crippen MR) is 66.5 cm³/mol. The van der Waals surface area contributed by atoms with Crippen LogP contribution < -0.4 is 0 Å². The second-order valence-corrected chi connectivity index (χ2v) is 3.83. The molecule has 1 N–H and O–H groups in total. The molecule has 1 aromatic carbocycles. The van der Waals surface area contributed by atoms with Crippen molar-refractivity contribution in [3.05, 3.63) is 42.4 Å². The maximum Gasteiger partial charge on any atom is 0.181 e. The van der Waals surface area contributed by atoms with Gasteiger partial charge in [0.25, 0.3) is 0 Å². The van der Waals surface area contributed by atoms with E-state index in [1.807, 2.05) is 37.3 Å². The first-order valence-electron chi connectivity index (χ1n) is 5.64. The monoisotopic (exact) mass is 224 g/mol. The van der Waals surface area contributed by atoms with Gasteiger partial charge in [-0.1, -0.05) is 37.3 Å². The van der Waals surface area contributed by atoms with Crippen molar-refractivity contribution in [1.29, 1.82) is 0 Å². The van der Waals surface area contributed by atoms with E-state index in [-0.39, 0.29) is 0 Å². The summed E-state index contributed by atoms with van der Waals surface area (Å²) >= 11 is 0. The Morgan fingerprint density at radius 2 is 1.94 bits per heavy atom. The number of hydrogen-bond donors (Lipinski definition) is 1. The zero-order valence-electron chi connectivity index (χ0n) is 9.51. The molecule has 0 aliphatic rings. The lowest BCUT2D eigenvalue weighted by atomic mass is 10.2. The van der Waals surface area contributed by atoms with Crippen molar-refractivity contribution in [1.82, 2.24) is 19.9 Å². The van der Waals surface area contributed by atoms with Crippen LogP contribution in [0.3, 0.4) is 0 Å². The summed E-state index contributed by atoms with van der Waals surface area (Å²) in [5.41, 5.74) is 2.67. The molecule has 0 bridgehead atoms. The molecule has 0 amide bonds. The first kappa shape index (κ1) is 9.96.